The van der Waals surface area contributed by atoms with E-state index >= 15 is 0 Å². The maximum absolute atomic E-state index is 12.4. The van der Waals surface area contributed by atoms with E-state index in [4.69, 9.17) is 9.26 Å². The highest BCUT2D eigenvalue weighted by atomic mass is 16.5. The summed E-state index contributed by atoms with van der Waals surface area (Å²) in [6.07, 6.45) is 2.11. The smallest absolute Gasteiger partial charge is 0.233 e. The Morgan fingerprint density at radius 2 is 2.36 bits per heavy atom. The molecule has 0 saturated carbocycles. The van der Waals surface area contributed by atoms with Crippen LogP contribution < -0.4 is 0 Å². The average molecular weight is 305 g/mol. The summed E-state index contributed by atoms with van der Waals surface area (Å²) in [6, 6.07) is 1.93. The Bertz CT molecular complexity index is 650. The molecule has 2 aromatic heterocycles. The van der Waals surface area contributed by atoms with E-state index in [1.807, 2.05) is 15.6 Å². The van der Waals surface area contributed by atoms with Gasteiger partial charge in [-0.1, -0.05) is 5.16 Å². The fourth-order valence-corrected chi connectivity index (χ4v) is 2.62. The number of hydrogen-bond donors (Lipinski definition) is 0. The molecule has 3 heterocycles. The summed E-state index contributed by atoms with van der Waals surface area (Å²) in [6.45, 7) is 3.89. The van der Waals surface area contributed by atoms with Crippen molar-refractivity contribution in [2.45, 2.75) is 32.4 Å². The van der Waals surface area contributed by atoms with Crippen LogP contribution in [0.15, 0.2) is 16.8 Å². The van der Waals surface area contributed by atoms with Crippen molar-refractivity contribution in [3.05, 3.63) is 29.7 Å². The first kappa shape index (κ1) is 14.7. The van der Waals surface area contributed by atoms with Crippen LogP contribution in [0.5, 0.6) is 0 Å². The first-order chi connectivity index (χ1) is 10.7. The van der Waals surface area contributed by atoms with Gasteiger partial charge in [-0.2, -0.15) is 10.1 Å². The largest absolute Gasteiger partial charge is 0.384 e. The molecule has 3 rings (SSSR count). The van der Waals surface area contributed by atoms with E-state index in [9.17, 15) is 4.79 Å². The molecular weight excluding hydrogens is 286 g/mol. The number of hydrogen-bond acceptors (Lipinski definition) is 6. The number of aryl methyl sites for hydroxylation is 1. The Morgan fingerprint density at radius 1 is 1.50 bits per heavy atom. The molecule has 22 heavy (non-hydrogen) atoms. The molecule has 1 aliphatic rings. The van der Waals surface area contributed by atoms with Crippen LogP contribution in [0.4, 0.5) is 0 Å². The standard InChI is InChI=1S/C14H19N5O3/c1-10-16-14(22-17-10)11-7-18(13(20)4-6-21-2)9-12-3-5-15-19(12)8-11/h3,5,11H,4,6-9H2,1-2H3/t11-/m0/s1. The minimum absolute atomic E-state index is 0.0535. The third-order valence-corrected chi connectivity index (χ3v) is 3.76. The lowest BCUT2D eigenvalue weighted by molar-refractivity contribution is -0.133. The van der Waals surface area contributed by atoms with Gasteiger partial charge in [-0.05, 0) is 13.0 Å². The van der Waals surface area contributed by atoms with E-state index in [1.165, 1.54) is 0 Å². The first-order valence-electron chi connectivity index (χ1n) is 7.25. The van der Waals surface area contributed by atoms with Gasteiger partial charge in [0.2, 0.25) is 11.8 Å². The predicted molar refractivity (Wildman–Crippen MR) is 75.9 cm³/mol. The molecule has 1 aliphatic heterocycles. The van der Waals surface area contributed by atoms with Gasteiger partial charge in [0.05, 0.1) is 37.7 Å². The highest BCUT2D eigenvalue weighted by molar-refractivity contribution is 5.76. The van der Waals surface area contributed by atoms with Crippen LogP contribution in [0, 0.1) is 6.92 Å². The Kier molecular flexibility index (Phi) is 4.19. The van der Waals surface area contributed by atoms with Crippen molar-refractivity contribution in [1.29, 1.82) is 0 Å². The zero-order chi connectivity index (χ0) is 15.5. The van der Waals surface area contributed by atoms with Gasteiger partial charge in [-0.15, -0.1) is 0 Å². The topological polar surface area (TPSA) is 86.3 Å². The highest BCUT2D eigenvalue weighted by Gasteiger charge is 2.29. The van der Waals surface area contributed by atoms with E-state index < -0.39 is 0 Å². The molecule has 2 aromatic rings. The van der Waals surface area contributed by atoms with Crippen molar-refractivity contribution in [3.63, 3.8) is 0 Å². The summed E-state index contributed by atoms with van der Waals surface area (Å²) in [5.41, 5.74) is 1.00. The van der Waals surface area contributed by atoms with Crippen molar-refractivity contribution in [1.82, 2.24) is 24.8 Å². The number of ether oxygens (including phenoxy) is 1. The van der Waals surface area contributed by atoms with Crippen LogP contribution in [0.25, 0.3) is 0 Å². The summed E-state index contributed by atoms with van der Waals surface area (Å²) < 4.78 is 12.2. The third-order valence-electron chi connectivity index (χ3n) is 3.76. The Labute approximate surface area is 128 Å². The van der Waals surface area contributed by atoms with E-state index in [1.54, 1.807) is 20.2 Å². The molecule has 8 heteroatoms. The number of fused-ring (bicyclic) bond motifs is 1. The Morgan fingerprint density at radius 3 is 3.09 bits per heavy atom. The van der Waals surface area contributed by atoms with Gasteiger partial charge >= 0.3 is 0 Å². The molecule has 0 aromatic carbocycles. The number of methoxy groups -OCH3 is 1. The van der Waals surface area contributed by atoms with E-state index in [-0.39, 0.29) is 11.8 Å². The van der Waals surface area contributed by atoms with Gasteiger partial charge in [-0.3, -0.25) is 9.48 Å². The number of rotatable bonds is 4. The second kappa shape index (κ2) is 6.27. The predicted octanol–water partition coefficient (Wildman–Crippen LogP) is 0.737. The lowest BCUT2D eigenvalue weighted by Gasteiger charge is -2.22. The third kappa shape index (κ3) is 3.01. The number of carbonyl (C=O) groups is 1. The van der Waals surface area contributed by atoms with E-state index in [0.717, 1.165) is 5.69 Å². The van der Waals surface area contributed by atoms with Gasteiger partial charge in [0.1, 0.15) is 0 Å². The van der Waals surface area contributed by atoms with Crippen LogP contribution in [-0.2, 0) is 22.6 Å². The SMILES string of the molecule is COCCC(=O)N1Cc2ccnn2C[C@@H](c2nc(C)no2)C1. The van der Waals surface area contributed by atoms with Gasteiger partial charge < -0.3 is 14.2 Å². The van der Waals surface area contributed by atoms with Crippen LogP contribution in [-0.4, -0.2) is 51.0 Å². The molecule has 0 aliphatic carbocycles. The number of carbonyl (C=O) groups excluding carboxylic acids is 1. The molecule has 1 atom stereocenters. The van der Waals surface area contributed by atoms with Crippen LogP contribution in [0.1, 0.15) is 29.7 Å². The lowest BCUT2D eigenvalue weighted by Crippen LogP contribution is -2.33. The maximum Gasteiger partial charge on any atom is 0.233 e. The molecule has 0 unspecified atom stereocenters. The summed E-state index contributed by atoms with van der Waals surface area (Å²) in [5.74, 6) is 1.13. The van der Waals surface area contributed by atoms with Gasteiger partial charge in [0.15, 0.2) is 5.82 Å². The fourth-order valence-electron chi connectivity index (χ4n) is 2.62. The molecule has 0 saturated heterocycles. The summed E-state index contributed by atoms with van der Waals surface area (Å²) in [7, 11) is 1.59. The number of amides is 1. The van der Waals surface area contributed by atoms with Gasteiger partial charge in [0.25, 0.3) is 0 Å². The van der Waals surface area contributed by atoms with Crippen LogP contribution in [0.3, 0.4) is 0 Å². The van der Waals surface area contributed by atoms with Crippen LogP contribution in [0.2, 0.25) is 0 Å². The quantitative estimate of drug-likeness (QED) is 0.828. The minimum atomic E-state index is -0.0613. The monoisotopic (exact) mass is 305 g/mol. The second-order valence-electron chi connectivity index (χ2n) is 5.40. The van der Waals surface area contributed by atoms with Crippen molar-refractivity contribution >= 4 is 5.91 Å². The van der Waals surface area contributed by atoms with Gasteiger partial charge in [-0.25, -0.2) is 0 Å². The van der Waals surface area contributed by atoms with Gasteiger partial charge in [0, 0.05) is 19.9 Å². The molecule has 0 N–H and O–H groups in total. The summed E-state index contributed by atoms with van der Waals surface area (Å²) >= 11 is 0. The average Bonchev–Trinajstić information content (AvgIpc) is 3.09. The Balaban J connectivity index is 1.84. The molecule has 1 amide bonds. The fraction of sp³-hybridized carbons (Fsp3) is 0.571. The zero-order valence-corrected chi connectivity index (χ0v) is 12.7. The van der Waals surface area contributed by atoms with E-state index in [2.05, 4.69) is 15.2 Å². The van der Waals surface area contributed by atoms with Crippen molar-refractivity contribution < 1.29 is 14.1 Å². The molecule has 0 spiro atoms. The minimum Gasteiger partial charge on any atom is -0.384 e. The van der Waals surface area contributed by atoms with Crippen molar-refractivity contribution in [2.75, 3.05) is 20.3 Å². The second-order valence-corrected chi connectivity index (χ2v) is 5.40. The highest BCUT2D eigenvalue weighted by Crippen LogP contribution is 2.23. The number of aromatic nitrogens is 4. The van der Waals surface area contributed by atoms with Crippen molar-refractivity contribution in [3.8, 4) is 0 Å². The molecule has 8 nitrogen and oxygen atoms in total. The summed E-state index contributed by atoms with van der Waals surface area (Å²) in [4.78, 5) is 18.5. The number of nitrogens with zero attached hydrogens (tertiary/aromatic N) is 5. The normalized spacial score (nSPS) is 18.1. The molecule has 118 valence electrons. The summed E-state index contributed by atoms with van der Waals surface area (Å²) in [5, 5.41) is 8.17. The van der Waals surface area contributed by atoms with E-state index in [0.29, 0.717) is 44.4 Å². The Hall–Kier alpha value is -2.22. The maximum atomic E-state index is 12.4. The molecular formula is C14H19N5O3. The van der Waals surface area contributed by atoms with Crippen molar-refractivity contribution in [2.24, 2.45) is 0 Å². The zero-order valence-electron chi connectivity index (χ0n) is 12.7. The lowest BCUT2D eigenvalue weighted by atomic mass is 10.1. The van der Waals surface area contributed by atoms with Crippen LogP contribution >= 0.6 is 0 Å². The first-order valence-corrected chi connectivity index (χ1v) is 7.25. The molecule has 0 radical (unpaired) electrons. The molecule has 0 bridgehead atoms. The molecule has 0 fully saturated rings.